The van der Waals surface area contributed by atoms with E-state index in [2.05, 4.69) is 14.9 Å². The highest BCUT2D eigenvalue weighted by molar-refractivity contribution is 7.89. The first kappa shape index (κ1) is 13.6. The van der Waals surface area contributed by atoms with Crippen LogP contribution in [0.3, 0.4) is 0 Å². The molecule has 0 radical (unpaired) electrons. The second kappa shape index (κ2) is 5.41. The Morgan fingerprint density at radius 2 is 2.11 bits per heavy atom. The Labute approximate surface area is 111 Å². The van der Waals surface area contributed by atoms with E-state index in [4.69, 9.17) is 4.74 Å². The van der Waals surface area contributed by atoms with Gasteiger partial charge in [-0.15, -0.1) is 0 Å². The van der Waals surface area contributed by atoms with Crippen LogP contribution >= 0.6 is 0 Å². The maximum Gasteiger partial charge on any atom is 0.244 e. The van der Waals surface area contributed by atoms with Crippen molar-refractivity contribution in [3.8, 4) is 5.75 Å². The predicted molar refractivity (Wildman–Crippen MR) is 70.3 cm³/mol. The van der Waals surface area contributed by atoms with E-state index in [1.54, 1.807) is 24.4 Å². The van der Waals surface area contributed by atoms with Crippen molar-refractivity contribution >= 4 is 10.0 Å². The second-order valence-electron chi connectivity index (χ2n) is 4.00. The van der Waals surface area contributed by atoms with E-state index in [0.29, 0.717) is 5.75 Å². The van der Waals surface area contributed by atoms with E-state index < -0.39 is 10.0 Å². The summed E-state index contributed by atoms with van der Waals surface area (Å²) in [6.45, 7) is 2.02. The molecule has 19 heavy (non-hydrogen) atoms. The Morgan fingerprint density at radius 1 is 1.37 bits per heavy atom. The molecule has 0 spiro atoms. The molecule has 0 unspecified atom stereocenters. The summed E-state index contributed by atoms with van der Waals surface area (Å²) in [6.07, 6.45) is 1.60. The molecule has 2 N–H and O–H groups in total. The minimum atomic E-state index is -3.61. The van der Waals surface area contributed by atoms with Crippen LogP contribution in [0.5, 0.6) is 5.75 Å². The number of ether oxygens (including phenoxy) is 1. The third kappa shape index (κ3) is 2.94. The molecule has 0 amide bonds. The van der Waals surface area contributed by atoms with Gasteiger partial charge in [0.1, 0.15) is 10.6 Å². The summed E-state index contributed by atoms with van der Waals surface area (Å²) in [7, 11) is -2.17. The molecule has 2 aromatic rings. The number of aromatic nitrogens is 2. The van der Waals surface area contributed by atoms with E-state index in [9.17, 15) is 8.42 Å². The van der Waals surface area contributed by atoms with Crippen molar-refractivity contribution in [2.24, 2.45) is 0 Å². The van der Waals surface area contributed by atoms with Gasteiger partial charge in [-0.05, 0) is 19.1 Å². The molecular formula is C12H15N3O3S. The van der Waals surface area contributed by atoms with Gasteiger partial charge in [-0.1, -0.05) is 12.1 Å². The van der Waals surface area contributed by atoms with Gasteiger partial charge in [-0.2, -0.15) is 5.10 Å². The molecule has 1 aromatic heterocycles. The van der Waals surface area contributed by atoms with Crippen LogP contribution in [0.2, 0.25) is 0 Å². The van der Waals surface area contributed by atoms with Gasteiger partial charge in [0, 0.05) is 17.8 Å². The smallest absolute Gasteiger partial charge is 0.244 e. The molecule has 6 nitrogen and oxygen atoms in total. The number of benzene rings is 1. The number of rotatable bonds is 5. The van der Waals surface area contributed by atoms with Gasteiger partial charge >= 0.3 is 0 Å². The fraction of sp³-hybridized carbons (Fsp3) is 0.250. The number of sulfonamides is 1. The lowest BCUT2D eigenvalue weighted by atomic mass is 10.3. The lowest BCUT2D eigenvalue weighted by Crippen LogP contribution is -2.23. The zero-order valence-electron chi connectivity index (χ0n) is 10.7. The Bertz CT molecular complexity index is 664. The molecule has 0 saturated carbocycles. The monoisotopic (exact) mass is 281 g/mol. The quantitative estimate of drug-likeness (QED) is 0.862. The molecule has 1 aromatic carbocycles. The number of methoxy groups -OCH3 is 1. The molecule has 0 atom stereocenters. The van der Waals surface area contributed by atoms with E-state index in [-0.39, 0.29) is 11.4 Å². The van der Waals surface area contributed by atoms with Crippen molar-refractivity contribution in [2.75, 3.05) is 7.11 Å². The van der Waals surface area contributed by atoms with E-state index in [1.807, 2.05) is 6.92 Å². The third-order valence-electron chi connectivity index (χ3n) is 2.75. The maximum atomic E-state index is 12.2. The lowest BCUT2D eigenvalue weighted by Gasteiger charge is -2.10. The minimum Gasteiger partial charge on any atom is -0.495 e. The minimum absolute atomic E-state index is 0.124. The van der Waals surface area contributed by atoms with Crippen molar-refractivity contribution in [1.29, 1.82) is 0 Å². The third-order valence-corrected chi connectivity index (χ3v) is 4.19. The van der Waals surface area contributed by atoms with Crippen LogP contribution in [0.1, 0.15) is 11.3 Å². The highest BCUT2D eigenvalue weighted by atomic mass is 32.2. The number of aromatic amines is 1. The number of hydrogen-bond acceptors (Lipinski definition) is 4. The number of nitrogens with zero attached hydrogens (tertiary/aromatic N) is 1. The van der Waals surface area contributed by atoms with Gasteiger partial charge in [0.05, 0.1) is 13.3 Å². The van der Waals surface area contributed by atoms with Crippen LogP contribution in [0, 0.1) is 6.92 Å². The van der Waals surface area contributed by atoms with Crippen LogP contribution < -0.4 is 9.46 Å². The Kier molecular flexibility index (Phi) is 3.87. The number of aryl methyl sites for hydroxylation is 1. The van der Waals surface area contributed by atoms with E-state index in [0.717, 1.165) is 11.3 Å². The SMILES string of the molecule is COc1ccccc1S(=O)(=O)NCc1cn[nH]c1C. The van der Waals surface area contributed by atoms with E-state index in [1.165, 1.54) is 13.2 Å². The fourth-order valence-electron chi connectivity index (χ4n) is 1.65. The van der Waals surface area contributed by atoms with Crippen LogP contribution in [-0.2, 0) is 16.6 Å². The summed E-state index contributed by atoms with van der Waals surface area (Å²) in [5, 5.41) is 6.60. The molecule has 1 heterocycles. The highest BCUT2D eigenvalue weighted by Gasteiger charge is 2.18. The van der Waals surface area contributed by atoms with E-state index >= 15 is 0 Å². The fourth-order valence-corrected chi connectivity index (χ4v) is 2.82. The maximum absolute atomic E-state index is 12.2. The number of H-pyrrole nitrogens is 1. The van der Waals surface area contributed by atoms with Gasteiger partial charge in [0.2, 0.25) is 10.0 Å². The van der Waals surface area contributed by atoms with Crippen LogP contribution in [0.25, 0.3) is 0 Å². The number of hydrogen-bond donors (Lipinski definition) is 2. The van der Waals surface area contributed by atoms with Crippen molar-refractivity contribution in [2.45, 2.75) is 18.4 Å². The van der Waals surface area contributed by atoms with Gasteiger partial charge in [-0.25, -0.2) is 13.1 Å². The number of nitrogens with one attached hydrogen (secondary N) is 2. The number of para-hydroxylation sites is 1. The first-order valence-corrected chi connectivity index (χ1v) is 7.14. The van der Waals surface area contributed by atoms with Gasteiger partial charge < -0.3 is 4.74 Å². The van der Waals surface area contributed by atoms with Gasteiger partial charge in [-0.3, -0.25) is 5.10 Å². The predicted octanol–water partition coefficient (Wildman–Crippen LogP) is 1.21. The molecule has 0 aliphatic carbocycles. The van der Waals surface area contributed by atoms with Crippen molar-refractivity contribution < 1.29 is 13.2 Å². The first-order chi connectivity index (χ1) is 9.04. The average molecular weight is 281 g/mol. The van der Waals surface area contributed by atoms with Crippen LogP contribution in [0.4, 0.5) is 0 Å². The summed E-state index contributed by atoms with van der Waals surface area (Å²) in [6, 6.07) is 6.49. The molecule has 0 fully saturated rings. The largest absolute Gasteiger partial charge is 0.495 e. The zero-order valence-corrected chi connectivity index (χ0v) is 11.5. The molecular weight excluding hydrogens is 266 g/mol. The summed E-state index contributed by atoms with van der Waals surface area (Å²) < 4.78 is 32.0. The van der Waals surface area contributed by atoms with Crippen molar-refractivity contribution in [1.82, 2.24) is 14.9 Å². The first-order valence-electron chi connectivity index (χ1n) is 5.66. The Balaban J connectivity index is 2.21. The summed E-state index contributed by atoms with van der Waals surface area (Å²) in [4.78, 5) is 0.124. The molecule has 2 rings (SSSR count). The molecule has 0 aliphatic rings. The topological polar surface area (TPSA) is 84.1 Å². The summed E-state index contributed by atoms with van der Waals surface area (Å²) in [5.74, 6) is 0.318. The van der Waals surface area contributed by atoms with Crippen molar-refractivity contribution in [3.63, 3.8) is 0 Å². The molecule has 0 aliphatic heterocycles. The average Bonchev–Trinajstić information content (AvgIpc) is 2.82. The van der Waals surface area contributed by atoms with Gasteiger partial charge in [0.15, 0.2) is 0 Å². The molecule has 102 valence electrons. The highest BCUT2D eigenvalue weighted by Crippen LogP contribution is 2.22. The molecule has 0 bridgehead atoms. The Hall–Kier alpha value is -1.86. The molecule has 0 saturated heterocycles. The molecule has 7 heteroatoms. The Morgan fingerprint density at radius 3 is 2.74 bits per heavy atom. The second-order valence-corrected chi connectivity index (χ2v) is 5.73. The normalized spacial score (nSPS) is 11.5. The van der Waals surface area contributed by atoms with Gasteiger partial charge in [0.25, 0.3) is 0 Å². The van der Waals surface area contributed by atoms with Crippen molar-refractivity contribution in [3.05, 3.63) is 41.7 Å². The summed E-state index contributed by atoms with van der Waals surface area (Å²) in [5.41, 5.74) is 1.64. The zero-order chi connectivity index (χ0) is 13.9. The van der Waals surface area contributed by atoms with Crippen LogP contribution in [0.15, 0.2) is 35.4 Å². The standard InChI is InChI=1S/C12H15N3O3S/c1-9-10(7-13-15-9)8-14-19(16,17)12-6-4-3-5-11(12)18-2/h3-7,14H,8H2,1-2H3,(H,13,15). The lowest BCUT2D eigenvalue weighted by molar-refractivity contribution is 0.402. The summed E-state index contributed by atoms with van der Waals surface area (Å²) >= 11 is 0. The van der Waals surface area contributed by atoms with Crippen LogP contribution in [-0.4, -0.2) is 25.7 Å².